The molecule has 1 aromatic rings. The van der Waals surface area contributed by atoms with Crippen molar-refractivity contribution in [1.29, 1.82) is 0 Å². The largest absolute Gasteiger partial charge is 0.462 e. The molecule has 0 spiro atoms. The monoisotopic (exact) mass is 274 g/mol. The molecule has 0 heterocycles. The number of benzene rings is 1. The summed E-state index contributed by atoms with van der Waals surface area (Å²) in [4.78, 5) is 11.9. The third kappa shape index (κ3) is 6.05. The molecule has 0 bridgehead atoms. The van der Waals surface area contributed by atoms with Crippen molar-refractivity contribution < 1.29 is 9.53 Å². The minimum absolute atomic E-state index is 0.209. The number of esters is 1. The summed E-state index contributed by atoms with van der Waals surface area (Å²) in [6, 6.07) is 7.54. The van der Waals surface area contributed by atoms with Crippen LogP contribution in [0.4, 0.5) is 0 Å². The number of aryl methyl sites for hydroxylation is 1. The minimum Gasteiger partial charge on any atom is -0.462 e. The van der Waals surface area contributed by atoms with E-state index in [1.54, 1.807) is 0 Å². The van der Waals surface area contributed by atoms with Crippen molar-refractivity contribution in [3.8, 4) is 0 Å². The van der Waals surface area contributed by atoms with Crippen LogP contribution in [0.15, 0.2) is 35.9 Å². The molecular weight excluding hydrogens is 248 g/mol. The molecule has 0 aliphatic heterocycles. The molecule has 1 rings (SSSR count). The molecule has 0 N–H and O–H groups in total. The highest BCUT2D eigenvalue weighted by molar-refractivity contribution is 5.90. The number of ether oxygens (including phenoxy) is 1. The lowest BCUT2D eigenvalue weighted by Gasteiger charge is -2.11. The van der Waals surface area contributed by atoms with Gasteiger partial charge in [0.2, 0.25) is 0 Å². The van der Waals surface area contributed by atoms with Crippen molar-refractivity contribution in [2.75, 3.05) is 6.61 Å². The van der Waals surface area contributed by atoms with Crippen molar-refractivity contribution in [1.82, 2.24) is 0 Å². The average molecular weight is 274 g/mol. The molecule has 0 aliphatic rings. The van der Waals surface area contributed by atoms with Crippen LogP contribution in [-0.4, -0.2) is 12.6 Å². The van der Waals surface area contributed by atoms with Gasteiger partial charge in [-0.1, -0.05) is 36.8 Å². The molecule has 0 amide bonds. The van der Waals surface area contributed by atoms with Crippen LogP contribution in [0.25, 0.3) is 0 Å². The highest BCUT2D eigenvalue weighted by Crippen LogP contribution is 2.13. The van der Waals surface area contributed by atoms with Crippen molar-refractivity contribution in [3.63, 3.8) is 0 Å². The van der Waals surface area contributed by atoms with E-state index in [2.05, 4.69) is 26.8 Å². The molecule has 0 saturated heterocycles. The van der Waals surface area contributed by atoms with E-state index >= 15 is 0 Å². The van der Waals surface area contributed by atoms with Crippen LogP contribution in [0.2, 0.25) is 0 Å². The van der Waals surface area contributed by atoms with Gasteiger partial charge in [0.25, 0.3) is 0 Å². The molecule has 20 heavy (non-hydrogen) atoms. The first kappa shape index (κ1) is 16.5. The van der Waals surface area contributed by atoms with E-state index in [9.17, 15) is 4.79 Å². The molecule has 1 aromatic carbocycles. The third-order valence-corrected chi connectivity index (χ3v) is 3.42. The van der Waals surface area contributed by atoms with Gasteiger partial charge >= 0.3 is 5.97 Å². The summed E-state index contributed by atoms with van der Waals surface area (Å²) in [5.74, 6) is 0.370. The molecule has 1 unspecified atom stereocenters. The molecule has 0 saturated carbocycles. The van der Waals surface area contributed by atoms with E-state index in [1.807, 2.05) is 31.2 Å². The summed E-state index contributed by atoms with van der Waals surface area (Å²) >= 11 is 0. The van der Waals surface area contributed by atoms with Crippen molar-refractivity contribution in [3.05, 3.63) is 47.0 Å². The summed E-state index contributed by atoms with van der Waals surface area (Å²) < 4.78 is 5.35. The maximum atomic E-state index is 11.9. The van der Waals surface area contributed by atoms with Gasteiger partial charge in [-0.05, 0) is 57.6 Å². The van der Waals surface area contributed by atoms with Gasteiger partial charge in [0.15, 0.2) is 0 Å². The van der Waals surface area contributed by atoms with Crippen LogP contribution in [0.3, 0.4) is 0 Å². The molecule has 110 valence electrons. The van der Waals surface area contributed by atoms with E-state index in [1.165, 1.54) is 5.57 Å². The van der Waals surface area contributed by atoms with Gasteiger partial charge in [0, 0.05) is 0 Å². The zero-order chi connectivity index (χ0) is 15.0. The van der Waals surface area contributed by atoms with Gasteiger partial charge in [0.1, 0.15) is 0 Å². The maximum Gasteiger partial charge on any atom is 0.338 e. The van der Waals surface area contributed by atoms with Crippen molar-refractivity contribution >= 4 is 5.97 Å². The van der Waals surface area contributed by atoms with Gasteiger partial charge in [-0.3, -0.25) is 0 Å². The lowest BCUT2D eigenvalue weighted by molar-refractivity contribution is 0.0483. The fraction of sp³-hybridized carbons (Fsp3) is 0.500. The second kappa shape index (κ2) is 8.57. The SMILES string of the molecule is CC(C)=CCCC(C)CCOC(=O)c1ccccc1C. The van der Waals surface area contributed by atoms with Gasteiger partial charge < -0.3 is 4.74 Å². The number of rotatable bonds is 7. The summed E-state index contributed by atoms with van der Waals surface area (Å²) in [5.41, 5.74) is 3.00. The maximum absolute atomic E-state index is 11.9. The predicted molar refractivity (Wildman–Crippen MR) is 83.9 cm³/mol. The molecule has 0 aliphatic carbocycles. The highest BCUT2D eigenvalue weighted by atomic mass is 16.5. The second-order valence-electron chi connectivity index (χ2n) is 5.70. The van der Waals surface area contributed by atoms with Gasteiger partial charge in [-0.25, -0.2) is 4.79 Å². The zero-order valence-corrected chi connectivity index (χ0v) is 13.1. The minimum atomic E-state index is -0.209. The van der Waals surface area contributed by atoms with Gasteiger partial charge in [0.05, 0.1) is 12.2 Å². The molecule has 2 nitrogen and oxygen atoms in total. The van der Waals surface area contributed by atoms with Gasteiger partial charge in [-0.2, -0.15) is 0 Å². The Morgan fingerprint density at radius 3 is 2.60 bits per heavy atom. The lowest BCUT2D eigenvalue weighted by atomic mass is 10.0. The van der Waals surface area contributed by atoms with E-state index in [0.717, 1.165) is 24.8 Å². The Hall–Kier alpha value is -1.57. The van der Waals surface area contributed by atoms with Crippen LogP contribution in [0.1, 0.15) is 56.0 Å². The Morgan fingerprint density at radius 2 is 1.95 bits per heavy atom. The Labute approximate surface area is 122 Å². The topological polar surface area (TPSA) is 26.3 Å². The summed E-state index contributed by atoms with van der Waals surface area (Å²) in [7, 11) is 0. The zero-order valence-electron chi connectivity index (χ0n) is 13.1. The third-order valence-electron chi connectivity index (χ3n) is 3.42. The number of hydrogen-bond acceptors (Lipinski definition) is 2. The van der Waals surface area contributed by atoms with Crippen LogP contribution < -0.4 is 0 Å². The Bertz CT molecular complexity index is 456. The fourth-order valence-corrected chi connectivity index (χ4v) is 2.03. The quantitative estimate of drug-likeness (QED) is 0.521. The molecule has 0 radical (unpaired) electrons. The molecule has 1 atom stereocenters. The highest BCUT2D eigenvalue weighted by Gasteiger charge is 2.10. The fourth-order valence-electron chi connectivity index (χ4n) is 2.03. The summed E-state index contributed by atoms with van der Waals surface area (Å²) in [5, 5.41) is 0. The first-order valence-electron chi connectivity index (χ1n) is 7.37. The Balaban J connectivity index is 2.29. The van der Waals surface area contributed by atoms with Crippen molar-refractivity contribution in [2.45, 2.75) is 47.0 Å². The van der Waals surface area contributed by atoms with Gasteiger partial charge in [-0.15, -0.1) is 0 Å². The first-order chi connectivity index (χ1) is 9.50. The lowest BCUT2D eigenvalue weighted by Crippen LogP contribution is -2.10. The normalized spacial score (nSPS) is 11.8. The molecular formula is C18H26O2. The summed E-state index contributed by atoms with van der Waals surface area (Å²) in [6.07, 6.45) is 5.44. The average Bonchev–Trinajstić information content (AvgIpc) is 2.38. The van der Waals surface area contributed by atoms with E-state index in [-0.39, 0.29) is 5.97 Å². The number of carbonyl (C=O) groups excluding carboxylic acids is 1. The van der Waals surface area contributed by atoms with E-state index in [0.29, 0.717) is 18.1 Å². The number of hydrogen-bond donors (Lipinski definition) is 0. The number of allylic oxidation sites excluding steroid dienone is 2. The smallest absolute Gasteiger partial charge is 0.338 e. The first-order valence-corrected chi connectivity index (χ1v) is 7.37. The summed E-state index contributed by atoms with van der Waals surface area (Å²) in [6.45, 7) is 8.88. The standard InChI is InChI=1S/C18H26O2/c1-14(2)8-7-9-15(3)12-13-20-18(19)17-11-6-5-10-16(17)4/h5-6,8,10-11,15H,7,9,12-13H2,1-4H3. The van der Waals surface area contributed by atoms with E-state index < -0.39 is 0 Å². The number of carbonyl (C=O) groups is 1. The molecule has 0 aromatic heterocycles. The van der Waals surface area contributed by atoms with Crippen LogP contribution in [-0.2, 0) is 4.74 Å². The Morgan fingerprint density at radius 1 is 1.25 bits per heavy atom. The van der Waals surface area contributed by atoms with Crippen molar-refractivity contribution in [2.24, 2.45) is 5.92 Å². The van der Waals surface area contributed by atoms with Crippen LogP contribution in [0, 0.1) is 12.8 Å². The Kier molecular flexibility index (Phi) is 7.06. The predicted octanol–water partition coefficient (Wildman–Crippen LogP) is 4.92. The molecule has 2 heteroatoms. The van der Waals surface area contributed by atoms with Crippen LogP contribution in [0.5, 0.6) is 0 Å². The molecule has 0 fully saturated rings. The van der Waals surface area contributed by atoms with Crippen LogP contribution >= 0.6 is 0 Å². The second-order valence-corrected chi connectivity index (χ2v) is 5.70. The van der Waals surface area contributed by atoms with E-state index in [4.69, 9.17) is 4.74 Å².